The number of sulfone groups is 1. The van der Waals surface area contributed by atoms with Gasteiger partial charge < -0.3 is 4.74 Å². The monoisotopic (exact) mass is 337 g/mol. The molecule has 1 aromatic carbocycles. The molecule has 1 rings (SSSR count). The van der Waals surface area contributed by atoms with E-state index < -0.39 is 23.0 Å². The van der Waals surface area contributed by atoms with Crippen LogP contribution in [-0.4, -0.2) is 31.6 Å². The average molecular weight is 337 g/mol. The van der Waals surface area contributed by atoms with Crippen LogP contribution in [0.4, 0.5) is 0 Å². The van der Waals surface area contributed by atoms with Gasteiger partial charge >= 0.3 is 8.25 Å². The van der Waals surface area contributed by atoms with Crippen molar-refractivity contribution in [3.05, 3.63) is 30.3 Å². The van der Waals surface area contributed by atoms with Crippen molar-refractivity contribution in [2.24, 2.45) is 0 Å². The largest absolute Gasteiger partial charge is 0.747 e. The molecule has 1 N–H and O–H groups in total. The predicted molar refractivity (Wildman–Crippen MR) is 82.1 cm³/mol. The van der Waals surface area contributed by atoms with Gasteiger partial charge in [-0.15, -0.1) is 4.89 Å². The summed E-state index contributed by atoms with van der Waals surface area (Å²) in [6.07, 6.45) is 2.21. The first-order valence-corrected chi connectivity index (χ1v) is 9.38. The van der Waals surface area contributed by atoms with Crippen LogP contribution in [0.1, 0.15) is 26.7 Å². The van der Waals surface area contributed by atoms with Gasteiger partial charge in [-0.3, -0.25) is 0 Å². The highest BCUT2D eigenvalue weighted by atomic mass is 32.2. The van der Waals surface area contributed by atoms with Crippen LogP contribution in [0.5, 0.6) is 5.75 Å². The highest BCUT2D eigenvalue weighted by Crippen LogP contribution is 2.25. The molecule has 21 heavy (non-hydrogen) atoms. The first kappa shape index (κ1) is 20.0. The summed E-state index contributed by atoms with van der Waals surface area (Å²) in [4.78, 5) is 7.33. The Morgan fingerprint density at radius 2 is 1.67 bits per heavy atom. The lowest BCUT2D eigenvalue weighted by Gasteiger charge is -2.27. The van der Waals surface area contributed by atoms with Crippen LogP contribution < -0.4 is 4.52 Å². The zero-order chi connectivity index (χ0) is 16.5. The van der Waals surface area contributed by atoms with Gasteiger partial charge in [-0.05, 0) is 25.0 Å². The average Bonchev–Trinajstić information content (AvgIpc) is 2.41. The Labute approximate surface area is 127 Å². The second kappa shape index (κ2) is 9.10. The van der Waals surface area contributed by atoms with Gasteiger partial charge in [0.2, 0.25) is 0 Å². The van der Waals surface area contributed by atoms with Gasteiger partial charge in [0.15, 0.2) is 20.5 Å². The highest BCUT2D eigenvalue weighted by molar-refractivity contribution is 7.91. The number of ether oxygens (including phenoxy) is 1. The molecule has 1 aromatic rings. The van der Waals surface area contributed by atoms with Crippen molar-refractivity contribution in [2.45, 2.75) is 31.6 Å². The van der Waals surface area contributed by atoms with Gasteiger partial charge in [0.05, 0.1) is 0 Å². The second-order valence-electron chi connectivity index (χ2n) is 4.24. The molecular weight excluding hydrogens is 315 g/mol. The SMILES string of the molecule is CCC(CC)(OC)S(C)(=O)=O.O=[P+](O)Oc1ccccc1. The Hall–Kier alpha value is -1.01. The molecule has 0 heterocycles. The zero-order valence-electron chi connectivity index (χ0n) is 12.6. The maximum absolute atomic E-state index is 11.2. The quantitative estimate of drug-likeness (QED) is 0.803. The molecule has 0 saturated carbocycles. The fourth-order valence-electron chi connectivity index (χ4n) is 1.79. The second-order valence-corrected chi connectivity index (χ2v) is 7.18. The van der Waals surface area contributed by atoms with Crippen LogP contribution in [0.25, 0.3) is 0 Å². The summed E-state index contributed by atoms with van der Waals surface area (Å²) < 4.78 is 42.0. The Morgan fingerprint density at radius 3 is 1.90 bits per heavy atom. The van der Waals surface area contributed by atoms with Crippen LogP contribution >= 0.6 is 8.25 Å². The number of hydrogen-bond acceptors (Lipinski definition) is 5. The van der Waals surface area contributed by atoms with E-state index in [9.17, 15) is 13.0 Å². The van der Waals surface area contributed by atoms with E-state index in [4.69, 9.17) is 9.63 Å². The molecule has 0 spiro atoms. The minimum absolute atomic E-state index is 0.408. The minimum Gasteiger partial charge on any atom is -0.362 e. The number of methoxy groups -OCH3 is 1. The summed E-state index contributed by atoms with van der Waals surface area (Å²) in [6, 6.07) is 8.49. The first-order valence-electron chi connectivity index (χ1n) is 6.36. The molecule has 0 saturated heterocycles. The van der Waals surface area contributed by atoms with Crippen molar-refractivity contribution in [2.75, 3.05) is 13.4 Å². The molecule has 0 bridgehead atoms. The van der Waals surface area contributed by atoms with E-state index in [0.29, 0.717) is 18.6 Å². The lowest BCUT2D eigenvalue weighted by Crippen LogP contribution is -2.38. The molecule has 1 unspecified atom stereocenters. The van der Waals surface area contributed by atoms with Gasteiger partial charge in [0.1, 0.15) is 0 Å². The normalized spacial score (nSPS) is 12.1. The topological polar surface area (TPSA) is 89.9 Å². The van der Waals surface area contributed by atoms with E-state index in [-0.39, 0.29) is 0 Å². The molecule has 0 aliphatic rings. The van der Waals surface area contributed by atoms with E-state index in [1.165, 1.54) is 13.4 Å². The molecule has 8 heteroatoms. The van der Waals surface area contributed by atoms with Crippen molar-refractivity contribution >= 4 is 18.1 Å². The third-order valence-electron chi connectivity index (χ3n) is 3.05. The summed E-state index contributed by atoms with van der Waals surface area (Å²) in [6.45, 7) is 3.63. The fourth-order valence-corrected chi connectivity index (χ4v) is 3.44. The number of rotatable bonds is 6. The third kappa shape index (κ3) is 6.52. The van der Waals surface area contributed by atoms with E-state index in [1.54, 1.807) is 30.3 Å². The lowest BCUT2D eigenvalue weighted by atomic mass is 10.2. The maximum Gasteiger partial charge on any atom is 0.747 e. The van der Waals surface area contributed by atoms with Crippen molar-refractivity contribution in [1.82, 2.24) is 0 Å². The highest BCUT2D eigenvalue weighted by Gasteiger charge is 2.36. The summed E-state index contributed by atoms with van der Waals surface area (Å²) >= 11 is 0. The third-order valence-corrected chi connectivity index (χ3v) is 5.51. The number of para-hydroxylation sites is 1. The Kier molecular flexibility index (Phi) is 8.66. The number of hydrogen-bond donors (Lipinski definition) is 1. The van der Waals surface area contributed by atoms with E-state index >= 15 is 0 Å². The molecule has 120 valence electrons. The van der Waals surface area contributed by atoms with Gasteiger partial charge in [-0.25, -0.2) is 12.9 Å². The summed E-state index contributed by atoms with van der Waals surface area (Å²) in [5.74, 6) is 0.408. The molecule has 0 fully saturated rings. The molecule has 0 aromatic heterocycles. The van der Waals surface area contributed by atoms with E-state index in [1.807, 2.05) is 13.8 Å². The summed E-state index contributed by atoms with van der Waals surface area (Å²) in [5.41, 5.74) is 0. The smallest absolute Gasteiger partial charge is 0.362 e. The minimum atomic E-state index is -3.10. The Balaban J connectivity index is 0.000000382. The molecule has 0 aliphatic carbocycles. The molecule has 1 atom stereocenters. The zero-order valence-corrected chi connectivity index (χ0v) is 14.4. The Bertz CT molecular complexity index is 517. The standard InChI is InChI=1S/C7H16O3S.C6H5O3P/c1-5-7(6-2,10-3)11(4,8)9;7-10(8)9-6-4-2-1-3-5-6/h5-6H2,1-4H3;1-5H/p+1. The van der Waals surface area contributed by atoms with Crippen molar-refractivity contribution < 1.29 is 27.1 Å². The van der Waals surface area contributed by atoms with Crippen LogP contribution in [-0.2, 0) is 19.1 Å². The fraction of sp³-hybridized carbons (Fsp3) is 0.538. The predicted octanol–water partition coefficient (Wildman–Crippen LogP) is 2.91. The van der Waals surface area contributed by atoms with Gasteiger partial charge in [-0.2, -0.15) is 0 Å². The summed E-state index contributed by atoms with van der Waals surface area (Å²) in [7, 11) is -4.19. The molecule has 0 aliphatic heterocycles. The van der Waals surface area contributed by atoms with E-state index in [2.05, 4.69) is 4.52 Å². The molecular formula is C13H22O6PS+. The van der Waals surface area contributed by atoms with Gasteiger partial charge in [0, 0.05) is 17.9 Å². The Morgan fingerprint density at radius 1 is 1.19 bits per heavy atom. The summed E-state index contributed by atoms with van der Waals surface area (Å²) in [5, 5.41) is 0. The van der Waals surface area contributed by atoms with Gasteiger partial charge in [-0.1, -0.05) is 32.0 Å². The van der Waals surface area contributed by atoms with Crippen molar-refractivity contribution in [3.8, 4) is 5.75 Å². The molecule has 6 nitrogen and oxygen atoms in total. The van der Waals surface area contributed by atoms with Crippen molar-refractivity contribution in [3.63, 3.8) is 0 Å². The van der Waals surface area contributed by atoms with Crippen LogP contribution in [0.2, 0.25) is 0 Å². The van der Waals surface area contributed by atoms with Crippen LogP contribution in [0.3, 0.4) is 0 Å². The van der Waals surface area contributed by atoms with E-state index in [0.717, 1.165) is 0 Å². The van der Waals surface area contributed by atoms with Crippen LogP contribution in [0, 0.1) is 0 Å². The van der Waals surface area contributed by atoms with Gasteiger partial charge in [0.25, 0.3) is 0 Å². The lowest BCUT2D eigenvalue weighted by molar-refractivity contribution is 0.0555. The first-order chi connectivity index (χ1) is 9.72. The number of benzene rings is 1. The maximum atomic E-state index is 11.2. The molecule has 0 radical (unpaired) electrons. The molecule has 0 amide bonds. The van der Waals surface area contributed by atoms with Crippen LogP contribution in [0.15, 0.2) is 30.3 Å². The van der Waals surface area contributed by atoms with Crippen molar-refractivity contribution in [1.29, 1.82) is 0 Å².